The number of aromatic nitrogens is 1. The molecule has 2 aromatic rings. The van der Waals surface area contributed by atoms with Gasteiger partial charge in [-0.3, -0.25) is 0 Å². The zero-order valence-electron chi connectivity index (χ0n) is 8.04. The van der Waals surface area contributed by atoms with Gasteiger partial charge in [0.1, 0.15) is 0 Å². The van der Waals surface area contributed by atoms with Gasteiger partial charge in [0.15, 0.2) is 0 Å². The largest absolute Gasteiger partial charge is 0.481 e. The minimum Gasteiger partial charge on any atom is -0.481 e. The maximum absolute atomic E-state index is 6.04. The summed E-state index contributed by atoms with van der Waals surface area (Å²) in [6.45, 7) is 2.02. The van der Waals surface area contributed by atoms with Gasteiger partial charge in [0.05, 0.1) is 17.6 Å². The third kappa shape index (κ3) is 1.42. The van der Waals surface area contributed by atoms with E-state index in [0.717, 1.165) is 16.5 Å². The fourth-order valence-electron chi connectivity index (χ4n) is 1.46. The molecule has 1 heterocycles. The molecule has 0 unspecified atom stereocenters. The summed E-state index contributed by atoms with van der Waals surface area (Å²) in [5, 5.41) is 1.72. The van der Waals surface area contributed by atoms with Gasteiger partial charge in [-0.05, 0) is 18.6 Å². The Balaban J connectivity index is 2.83. The van der Waals surface area contributed by atoms with Crippen molar-refractivity contribution in [1.29, 1.82) is 0 Å². The van der Waals surface area contributed by atoms with Gasteiger partial charge in [0.25, 0.3) is 0 Å². The second-order valence-electron chi connectivity index (χ2n) is 3.12. The van der Waals surface area contributed by atoms with E-state index in [4.69, 9.17) is 16.3 Å². The molecule has 0 aliphatic rings. The van der Waals surface area contributed by atoms with E-state index in [1.165, 1.54) is 0 Å². The highest BCUT2D eigenvalue weighted by Gasteiger charge is 2.05. The highest BCUT2D eigenvalue weighted by atomic mass is 35.5. The monoisotopic (exact) mass is 207 g/mol. The molecule has 0 saturated heterocycles. The Bertz CT molecular complexity index is 482. The van der Waals surface area contributed by atoms with Crippen molar-refractivity contribution in [1.82, 2.24) is 4.98 Å². The van der Waals surface area contributed by atoms with Crippen LogP contribution in [-0.4, -0.2) is 12.1 Å². The van der Waals surface area contributed by atoms with E-state index in [0.29, 0.717) is 10.9 Å². The molecule has 14 heavy (non-hydrogen) atoms. The van der Waals surface area contributed by atoms with Gasteiger partial charge in [-0.1, -0.05) is 23.7 Å². The molecule has 1 aromatic heterocycles. The lowest BCUT2D eigenvalue weighted by Crippen LogP contribution is -1.90. The van der Waals surface area contributed by atoms with Crippen LogP contribution in [-0.2, 0) is 0 Å². The normalized spacial score (nSPS) is 10.5. The Morgan fingerprint density at radius 2 is 2.14 bits per heavy atom. The average Bonchev–Trinajstić information content (AvgIpc) is 2.19. The molecule has 0 spiro atoms. The molecule has 0 aliphatic heterocycles. The van der Waals surface area contributed by atoms with Gasteiger partial charge < -0.3 is 4.74 Å². The number of hydrogen-bond acceptors (Lipinski definition) is 2. The molecule has 72 valence electrons. The summed E-state index contributed by atoms with van der Waals surface area (Å²) in [6.07, 6.45) is 0. The third-order valence-corrected chi connectivity index (χ3v) is 2.49. The molecule has 0 aliphatic carbocycles. The van der Waals surface area contributed by atoms with Crippen molar-refractivity contribution in [2.75, 3.05) is 7.11 Å². The lowest BCUT2D eigenvalue weighted by atomic mass is 10.1. The van der Waals surface area contributed by atoms with Crippen LogP contribution in [0.2, 0.25) is 5.02 Å². The smallest absolute Gasteiger partial charge is 0.213 e. The van der Waals surface area contributed by atoms with Crippen LogP contribution >= 0.6 is 11.6 Å². The molecule has 0 saturated carbocycles. The maximum atomic E-state index is 6.04. The summed E-state index contributed by atoms with van der Waals surface area (Å²) in [6, 6.07) is 7.66. The van der Waals surface area contributed by atoms with Gasteiger partial charge in [0, 0.05) is 11.5 Å². The van der Waals surface area contributed by atoms with Crippen LogP contribution in [0, 0.1) is 6.92 Å². The van der Waals surface area contributed by atoms with E-state index in [9.17, 15) is 0 Å². The lowest BCUT2D eigenvalue weighted by molar-refractivity contribution is 0.399. The number of nitrogens with zero attached hydrogens (tertiary/aromatic N) is 1. The minimum atomic E-state index is 0.600. The molecule has 0 atom stereocenters. The van der Waals surface area contributed by atoms with Gasteiger partial charge in [-0.25, -0.2) is 4.98 Å². The first-order valence-corrected chi connectivity index (χ1v) is 4.70. The first kappa shape index (κ1) is 9.28. The number of pyridine rings is 1. The van der Waals surface area contributed by atoms with Crippen molar-refractivity contribution in [2.24, 2.45) is 0 Å². The molecular weight excluding hydrogens is 198 g/mol. The number of halogens is 1. The van der Waals surface area contributed by atoms with Crippen LogP contribution in [0.5, 0.6) is 5.88 Å². The molecule has 1 aromatic carbocycles. The van der Waals surface area contributed by atoms with Gasteiger partial charge in [0.2, 0.25) is 5.88 Å². The zero-order chi connectivity index (χ0) is 10.1. The van der Waals surface area contributed by atoms with Crippen molar-refractivity contribution >= 4 is 22.5 Å². The van der Waals surface area contributed by atoms with E-state index in [1.807, 2.05) is 31.2 Å². The summed E-state index contributed by atoms with van der Waals surface area (Å²) < 4.78 is 5.09. The Hall–Kier alpha value is -1.28. The molecule has 0 bridgehead atoms. The minimum absolute atomic E-state index is 0.600. The number of benzene rings is 1. The second kappa shape index (κ2) is 3.46. The fraction of sp³-hybridized carbons (Fsp3) is 0.182. The van der Waals surface area contributed by atoms with Crippen LogP contribution in [0.15, 0.2) is 24.3 Å². The molecule has 0 amide bonds. The van der Waals surface area contributed by atoms with Crippen LogP contribution in [0.25, 0.3) is 10.9 Å². The van der Waals surface area contributed by atoms with E-state index in [2.05, 4.69) is 4.98 Å². The average molecular weight is 208 g/mol. The quantitative estimate of drug-likeness (QED) is 0.717. The summed E-state index contributed by atoms with van der Waals surface area (Å²) in [5.41, 5.74) is 1.92. The Morgan fingerprint density at radius 1 is 1.36 bits per heavy atom. The van der Waals surface area contributed by atoms with E-state index in [-0.39, 0.29) is 0 Å². The zero-order valence-corrected chi connectivity index (χ0v) is 8.80. The predicted molar refractivity (Wildman–Crippen MR) is 58.0 cm³/mol. The van der Waals surface area contributed by atoms with Crippen molar-refractivity contribution < 1.29 is 4.74 Å². The summed E-state index contributed by atoms with van der Waals surface area (Å²) in [7, 11) is 1.60. The second-order valence-corrected chi connectivity index (χ2v) is 3.52. The van der Waals surface area contributed by atoms with Crippen LogP contribution < -0.4 is 4.74 Å². The van der Waals surface area contributed by atoms with E-state index >= 15 is 0 Å². The predicted octanol–water partition coefficient (Wildman–Crippen LogP) is 3.21. The summed E-state index contributed by atoms with van der Waals surface area (Å²) in [5.74, 6) is 0.600. The van der Waals surface area contributed by atoms with E-state index < -0.39 is 0 Å². The Morgan fingerprint density at radius 3 is 2.86 bits per heavy atom. The Kier molecular flexibility index (Phi) is 2.30. The van der Waals surface area contributed by atoms with Crippen molar-refractivity contribution in [3.05, 3.63) is 34.9 Å². The van der Waals surface area contributed by atoms with Gasteiger partial charge >= 0.3 is 0 Å². The number of aryl methyl sites for hydroxylation is 1. The molecule has 3 heteroatoms. The first-order valence-electron chi connectivity index (χ1n) is 4.32. The maximum Gasteiger partial charge on any atom is 0.213 e. The molecular formula is C11H10ClNO. The number of ether oxygens (including phenoxy) is 1. The number of fused-ring (bicyclic) bond motifs is 1. The van der Waals surface area contributed by atoms with Crippen molar-refractivity contribution in [2.45, 2.75) is 6.92 Å². The number of para-hydroxylation sites is 1. The molecule has 0 radical (unpaired) electrons. The van der Waals surface area contributed by atoms with Crippen LogP contribution in [0.3, 0.4) is 0 Å². The van der Waals surface area contributed by atoms with Gasteiger partial charge in [-0.15, -0.1) is 0 Å². The molecule has 2 nitrogen and oxygen atoms in total. The van der Waals surface area contributed by atoms with Crippen LogP contribution in [0.1, 0.15) is 5.56 Å². The third-order valence-electron chi connectivity index (χ3n) is 2.18. The number of methoxy groups -OCH3 is 1. The number of rotatable bonds is 1. The topological polar surface area (TPSA) is 22.1 Å². The molecule has 0 fully saturated rings. The Labute approximate surface area is 87.5 Å². The molecule has 0 N–H and O–H groups in total. The fourth-order valence-corrected chi connectivity index (χ4v) is 1.67. The highest BCUT2D eigenvalue weighted by Crippen LogP contribution is 2.26. The van der Waals surface area contributed by atoms with E-state index in [1.54, 1.807) is 7.11 Å². The standard InChI is InChI=1S/C11H10ClNO/c1-7-6-10(14-2)13-11-8(7)4-3-5-9(11)12/h3-6H,1-2H3. The lowest BCUT2D eigenvalue weighted by Gasteiger charge is -2.05. The molecule has 2 rings (SSSR count). The van der Waals surface area contributed by atoms with Crippen LogP contribution in [0.4, 0.5) is 0 Å². The van der Waals surface area contributed by atoms with Crippen molar-refractivity contribution in [3.8, 4) is 5.88 Å². The highest BCUT2D eigenvalue weighted by molar-refractivity contribution is 6.35. The summed E-state index contributed by atoms with van der Waals surface area (Å²) >= 11 is 6.04. The SMILES string of the molecule is COc1cc(C)c2cccc(Cl)c2n1. The summed E-state index contributed by atoms with van der Waals surface area (Å²) in [4.78, 5) is 4.30. The van der Waals surface area contributed by atoms with Crippen molar-refractivity contribution in [3.63, 3.8) is 0 Å². The van der Waals surface area contributed by atoms with Gasteiger partial charge in [-0.2, -0.15) is 0 Å². The number of hydrogen-bond donors (Lipinski definition) is 0. The first-order chi connectivity index (χ1) is 6.72.